The van der Waals surface area contributed by atoms with Crippen LogP contribution in [0.4, 0.5) is 22.0 Å². The Bertz CT molecular complexity index is 1580. The third-order valence-electron chi connectivity index (χ3n) is 9.56. The summed E-state index contributed by atoms with van der Waals surface area (Å²) in [4.78, 5) is 35.7. The van der Waals surface area contributed by atoms with Gasteiger partial charge in [-0.05, 0) is 69.5 Å². The van der Waals surface area contributed by atoms with E-state index in [0.29, 0.717) is 12.8 Å². The predicted octanol–water partition coefficient (Wildman–Crippen LogP) is 5.61. The molecule has 3 aromatic rings. The summed E-state index contributed by atoms with van der Waals surface area (Å²) in [5, 5.41) is 8.51. The van der Waals surface area contributed by atoms with E-state index in [0.717, 1.165) is 0 Å². The lowest BCUT2D eigenvalue weighted by Gasteiger charge is -2.48. The van der Waals surface area contributed by atoms with Gasteiger partial charge in [0.05, 0.1) is 30.1 Å². The van der Waals surface area contributed by atoms with Crippen LogP contribution in [0.2, 0.25) is 0 Å². The predicted molar refractivity (Wildman–Crippen MR) is 152 cm³/mol. The van der Waals surface area contributed by atoms with Crippen molar-refractivity contribution < 1.29 is 36.2 Å². The molecule has 1 aliphatic heterocycles. The van der Waals surface area contributed by atoms with Crippen molar-refractivity contribution in [2.75, 3.05) is 13.1 Å². The first kappa shape index (κ1) is 30.9. The number of H-pyrrole nitrogens is 1. The van der Waals surface area contributed by atoms with Crippen LogP contribution in [0, 0.1) is 18.7 Å². The average Bonchev–Trinajstić information content (AvgIpc) is 3.58. The second-order valence-electron chi connectivity index (χ2n) is 13.0. The quantitative estimate of drug-likeness (QED) is 0.267. The van der Waals surface area contributed by atoms with Gasteiger partial charge in [0.25, 0.3) is 5.91 Å². The van der Waals surface area contributed by atoms with Gasteiger partial charge in [0.15, 0.2) is 16.9 Å². The van der Waals surface area contributed by atoms with Crippen molar-refractivity contribution in [3.8, 4) is 0 Å². The van der Waals surface area contributed by atoms with E-state index < -0.39 is 58.9 Å². The Hall–Kier alpha value is -3.15. The third-order valence-corrected chi connectivity index (χ3v) is 9.92. The second-order valence-corrected chi connectivity index (χ2v) is 14.0. The molecule has 2 aliphatic carbocycles. The highest BCUT2D eigenvalue weighted by Crippen LogP contribution is 2.49. The van der Waals surface area contributed by atoms with Gasteiger partial charge in [-0.2, -0.15) is 0 Å². The minimum Gasteiger partial charge on any atom is -0.340 e. The number of nitrogens with one attached hydrogen (secondary N) is 2. The number of carbonyl (C=O) groups is 2. The first-order valence-electron chi connectivity index (χ1n) is 14.7. The topological polar surface area (TPSA) is 117 Å². The molecule has 9 nitrogen and oxygen atoms in total. The van der Waals surface area contributed by atoms with E-state index in [1.54, 1.807) is 6.92 Å². The molecule has 1 unspecified atom stereocenters. The lowest BCUT2D eigenvalue weighted by molar-refractivity contribution is -0.151. The minimum absolute atomic E-state index is 0.0333. The summed E-state index contributed by atoms with van der Waals surface area (Å²) in [7, 11) is 2.04. The molecule has 238 valence electrons. The zero-order valence-electron chi connectivity index (χ0n) is 24.4. The van der Waals surface area contributed by atoms with Gasteiger partial charge in [0.1, 0.15) is 22.7 Å². The van der Waals surface area contributed by atoms with Gasteiger partial charge >= 0.3 is 0 Å². The Morgan fingerprint density at radius 2 is 1.73 bits per heavy atom. The molecular weight excluding hydrogens is 606 g/mol. The molecule has 0 radical (unpaired) electrons. The number of benzene rings is 1. The fourth-order valence-corrected chi connectivity index (χ4v) is 7.33. The summed E-state index contributed by atoms with van der Waals surface area (Å²) in [6.45, 7) is 2.63. The van der Waals surface area contributed by atoms with Crippen molar-refractivity contribution in [2.45, 2.75) is 93.7 Å². The molecule has 2 saturated carbocycles. The summed E-state index contributed by atoms with van der Waals surface area (Å²) in [5.74, 6) is -5.06. The van der Waals surface area contributed by atoms with Crippen LogP contribution in [0.1, 0.15) is 91.9 Å². The van der Waals surface area contributed by atoms with Gasteiger partial charge in [-0.1, -0.05) is 20.5 Å². The molecule has 1 saturated heterocycles. The molecule has 44 heavy (non-hydrogen) atoms. The van der Waals surface area contributed by atoms with E-state index in [1.807, 2.05) is 9.24 Å². The fraction of sp³-hybridized carbons (Fsp3) is 0.621. The molecule has 2 amide bonds. The van der Waals surface area contributed by atoms with Crippen LogP contribution in [-0.4, -0.2) is 67.1 Å². The number of fused-ring (bicyclic) bond motifs is 1. The molecule has 2 N–H and O–H groups in total. The van der Waals surface area contributed by atoms with Crippen LogP contribution in [-0.2, 0) is 10.2 Å². The number of aromatic nitrogens is 4. The molecule has 6 rings (SSSR count). The number of likely N-dealkylation sites (tertiary alicyclic amines) is 1. The van der Waals surface area contributed by atoms with Crippen molar-refractivity contribution in [2.24, 2.45) is 5.92 Å². The summed E-state index contributed by atoms with van der Waals surface area (Å²) in [5.41, 5.74) is -2.65. The lowest BCUT2D eigenvalue weighted by Crippen LogP contribution is -2.62. The average molecular weight is 641 g/mol. The zero-order valence-corrected chi connectivity index (χ0v) is 25.5. The maximum atomic E-state index is 16.5. The zero-order chi connectivity index (χ0) is 31.7. The number of rotatable bonds is 6. The Morgan fingerprint density at radius 1 is 1.07 bits per heavy atom. The number of aryl methyl sites for hydroxylation is 1. The lowest BCUT2D eigenvalue weighted by atomic mass is 9.66. The SMILES string of the molecule is Cc1nonc1C(=O)N[C@H](c1nc2c(F)c(C3(C(=O)N4CC(F)(P)C4)CCC(F)(F)CC3)ccc2[nH]1)C1CCC(C)(F)CC1. The van der Waals surface area contributed by atoms with Crippen LogP contribution >= 0.6 is 9.24 Å². The van der Waals surface area contributed by atoms with Gasteiger partial charge in [0.2, 0.25) is 11.8 Å². The van der Waals surface area contributed by atoms with Gasteiger partial charge < -0.3 is 15.2 Å². The van der Waals surface area contributed by atoms with Gasteiger partial charge in [0, 0.05) is 18.4 Å². The minimum atomic E-state index is -3.00. The van der Waals surface area contributed by atoms with Crippen LogP contribution < -0.4 is 5.32 Å². The van der Waals surface area contributed by atoms with E-state index in [9.17, 15) is 27.2 Å². The highest BCUT2D eigenvalue weighted by atomic mass is 31.0. The van der Waals surface area contributed by atoms with E-state index >= 15 is 4.39 Å². The summed E-state index contributed by atoms with van der Waals surface area (Å²) in [6.07, 6.45) is -0.476. The second kappa shape index (κ2) is 10.7. The summed E-state index contributed by atoms with van der Waals surface area (Å²) >= 11 is 0. The molecule has 3 fully saturated rings. The largest absolute Gasteiger partial charge is 0.340 e. The Kier molecular flexibility index (Phi) is 7.53. The summed E-state index contributed by atoms with van der Waals surface area (Å²) < 4.78 is 78.6. The van der Waals surface area contributed by atoms with Crippen molar-refractivity contribution in [1.29, 1.82) is 0 Å². The molecule has 3 aliphatic rings. The van der Waals surface area contributed by atoms with E-state index in [1.165, 1.54) is 24.0 Å². The number of aromatic amines is 1. The number of hydrogen-bond donors (Lipinski definition) is 2. The number of amides is 2. The van der Waals surface area contributed by atoms with E-state index in [-0.39, 0.29) is 78.5 Å². The monoisotopic (exact) mass is 640 g/mol. The van der Waals surface area contributed by atoms with E-state index in [4.69, 9.17) is 0 Å². The number of hydrogen-bond acceptors (Lipinski definition) is 6. The van der Waals surface area contributed by atoms with Crippen molar-refractivity contribution in [1.82, 2.24) is 30.5 Å². The highest BCUT2D eigenvalue weighted by molar-refractivity contribution is 7.18. The number of alkyl halides is 4. The normalized spacial score (nSPS) is 26.6. The molecule has 0 spiro atoms. The van der Waals surface area contributed by atoms with Gasteiger partial charge in [-0.25, -0.2) is 31.6 Å². The summed E-state index contributed by atoms with van der Waals surface area (Å²) in [6, 6.07) is 2.15. The first-order valence-corrected chi connectivity index (χ1v) is 15.3. The molecular formula is C29H34F5N6O3P. The maximum absolute atomic E-state index is 16.5. The smallest absolute Gasteiger partial charge is 0.276 e. The van der Waals surface area contributed by atoms with Crippen LogP contribution in [0.15, 0.2) is 16.8 Å². The Balaban J connectivity index is 1.38. The number of halogens is 5. The molecule has 3 heterocycles. The molecule has 2 atom stereocenters. The number of imidazole rings is 1. The standard InChI is InChI=1S/C29H34F5N6O3P/c1-15-20(39-43-38-15)24(41)37-21(16-5-7-26(2,31)8-6-16)23-35-18-4-3-17(19(30)22(18)36-23)27(9-11-28(32,33)12-10-27)25(42)40-13-29(34,44)14-40/h3-4,16,21H,5-14,44H2,1-2H3,(H,35,36)(H,37,41)/t16?,21-,26?/m0/s1. The fourth-order valence-electron chi connectivity index (χ4n) is 6.89. The molecule has 15 heteroatoms. The van der Waals surface area contributed by atoms with Crippen molar-refractivity contribution in [3.05, 3.63) is 40.7 Å². The Labute approximate surface area is 252 Å². The number of carbonyl (C=O) groups excluding carboxylic acids is 2. The molecule has 2 aromatic heterocycles. The van der Waals surface area contributed by atoms with Crippen molar-refractivity contribution in [3.63, 3.8) is 0 Å². The highest BCUT2D eigenvalue weighted by Gasteiger charge is 2.55. The van der Waals surface area contributed by atoms with Gasteiger partial charge in [-0.15, -0.1) is 0 Å². The molecule has 0 bridgehead atoms. The van der Waals surface area contributed by atoms with Crippen LogP contribution in [0.25, 0.3) is 11.0 Å². The molecule has 1 aromatic carbocycles. The Morgan fingerprint density at radius 3 is 2.32 bits per heavy atom. The number of nitrogens with zero attached hydrogens (tertiary/aromatic N) is 4. The van der Waals surface area contributed by atoms with Crippen LogP contribution in [0.5, 0.6) is 0 Å². The third kappa shape index (κ3) is 5.58. The van der Waals surface area contributed by atoms with Crippen molar-refractivity contribution >= 4 is 32.1 Å². The van der Waals surface area contributed by atoms with E-state index in [2.05, 4.69) is 30.2 Å². The van der Waals surface area contributed by atoms with Crippen LogP contribution in [0.3, 0.4) is 0 Å². The maximum Gasteiger partial charge on any atom is 0.276 e. The first-order chi connectivity index (χ1) is 20.6. The van der Waals surface area contributed by atoms with Gasteiger partial charge in [-0.3, -0.25) is 9.59 Å².